The van der Waals surface area contributed by atoms with E-state index in [0.29, 0.717) is 30.9 Å². The SMILES string of the molecule is CCn1nnnc1-c1cccc(NC(=O)C(C)N2C(=O)NC3(CCCC3)C2=O)c1. The Hall–Kier alpha value is -3.30. The number of amides is 4. The molecule has 2 heterocycles. The molecule has 2 aromatic rings. The average molecular weight is 397 g/mol. The van der Waals surface area contributed by atoms with Crippen LogP contribution in [0.5, 0.6) is 0 Å². The predicted octanol–water partition coefficient (Wildman–Crippen LogP) is 1.55. The predicted molar refractivity (Wildman–Crippen MR) is 104 cm³/mol. The van der Waals surface area contributed by atoms with Gasteiger partial charge in [0.25, 0.3) is 5.91 Å². The summed E-state index contributed by atoms with van der Waals surface area (Å²) in [5.74, 6) is -0.150. The zero-order chi connectivity index (χ0) is 20.6. The van der Waals surface area contributed by atoms with Gasteiger partial charge >= 0.3 is 6.03 Å². The molecule has 1 aliphatic carbocycles. The van der Waals surface area contributed by atoms with Gasteiger partial charge in [-0.2, -0.15) is 0 Å². The second-order valence-electron chi connectivity index (χ2n) is 7.46. The quantitative estimate of drug-likeness (QED) is 0.738. The highest BCUT2D eigenvalue weighted by atomic mass is 16.2. The highest BCUT2D eigenvalue weighted by Gasteiger charge is 2.54. The van der Waals surface area contributed by atoms with Gasteiger partial charge in [-0.05, 0) is 49.2 Å². The minimum absolute atomic E-state index is 0.307. The number of carbonyl (C=O) groups excluding carboxylic acids is 3. The summed E-state index contributed by atoms with van der Waals surface area (Å²) in [4.78, 5) is 39.1. The van der Waals surface area contributed by atoms with Gasteiger partial charge in [0.05, 0.1) is 0 Å². The number of hydrogen-bond acceptors (Lipinski definition) is 6. The standard InChI is InChI=1S/C19H23N7O3/c1-3-25-15(22-23-24-25)13-7-6-8-14(11-13)20-16(27)12(2)26-17(28)19(21-18(26)29)9-4-5-10-19/h6-8,11-12H,3-5,9-10H2,1-2H3,(H,20,27)(H,21,29). The van der Waals surface area contributed by atoms with E-state index in [1.807, 2.05) is 13.0 Å². The van der Waals surface area contributed by atoms with Crippen molar-refractivity contribution in [1.29, 1.82) is 0 Å². The van der Waals surface area contributed by atoms with E-state index in [0.717, 1.165) is 23.3 Å². The number of imide groups is 1. The molecule has 2 N–H and O–H groups in total. The minimum Gasteiger partial charge on any atom is -0.324 e. The van der Waals surface area contributed by atoms with Gasteiger partial charge in [-0.25, -0.2) is 14.4 Å². The van der Waals surface area contributed by atoms with Crippen LogP contribution in [-0.4, -0.2) is 54.5 Å². The summed E-state index contributed by atoms with van der Waals surface area (Å²) in [7, 11) is 0. The first-order valence-corrected chi connectivity index (χ1v) is 9.78. The Kier molecular flexibility index (Phi) is 4.77. The van der Waals surface area contributed by atoms with E-state index in [-0.39, 0.29) is 5.91 Å². The van der Waals surface area contributed by atoms with Crippen LogP contribution in [0.3, 0.4) is 0 Å². The fourth-order valence-corrected chi connectivity index (χ4v) is 4.03. The molecule has 1 aromatic carbocycles. The number of benzene rings is 1. The Morgan fingerprint density at radius 2 is 2.07 bits per heavy atom. The third-order valence-electron chi connectivity index (χ3n) is 5.64. The fraction of sp³-hybridized carbons (Fsp3) is 0.474. The van der Waals surface area contributed by atoms with Crippen LogP contribution in [0.15, 0.2) is 24.3 Å². The number of aryl methyl sites for hydroxylation is 1. The topological polar surface area (TPSA) is 122 Å². The molecule has 1 atom stereocenters. The van der Waals surface area contributed by atoms with Crippen LogP contribution < -0.4 is 10.6 Å². The molecule has 1 saturated carbocycles. The van der Waals surface area contributed by atoms with Crippen LogP contribution in [-0.2, 0) is 16.1 Å². The van der Waals surface area contributed by atoms with Crippen molar-refractivity contribution in [3.63, 3.8) is 0 Å². The van der Waals surface area contributed by atoms with Crippen LogP contribution in [0.2, 0.25) is 0 Å². The number of nitrogens with one attached hydrogen (secondary N) is 2. The van der Waals surface area contributed by atoms with E-state index >= 15 is 0 Å². The summed E-state index contributed by atoms with van der Waals surface area (Å²) in [6, 6.07) is 5.69. The van der Waals surface area contributed by atoms with Crippen molar-refractivity contribution >= 4 is 23.5 Å². The highest BCUT2D eigenvalue weighted by Crippen LogP contribution is 2.35. The van der Waals surface area contributed by atoms with Crippen molar-refractivity contribution in [3.8, 4) is 11.4 Å². The van der Waals surface area contributed by atoms with E-state index in [1.54, 1.807) is 29.8 Å². The Bertz CT molecular complexity index is 964. The number of rotatable bonds is 5. The number of anilines is 1. The van der Waals surface area contributed by atoms with Crippen LogP contribution >= 0.6 is 0 Å². The summed E-state index contributed by atoms with van der Waals surface area (Å²) >= 11 is 0. The summed E-state index contributed by atoms with van der Waals surface area (Å²) in [6.45, 7) is 4.11. The number of tetrazole rings is 1. The van der Waals surface area contributed by atoms with Crippen LogP contribution in [0.25, 0.3) is 11.4 Å². The zero-order valence-corrected chi connectivity index (χ0v) is 16.4. The number of carbonyl (C=O) groups is 3. The maximum Gasteiger partial charge on any atom is 0.325 e. The molecule has 1 aliphatic heterocycles. The largest absolute Gasteiger partial charge is 0.325 e. The Morgan fingerprint density at radius 3 is 2.79 bits per heavy atom. The smallest absolute Gasteiger partial charge is 0.324 e. The van der Waals surface area contributed by atoms with Crippen molar-refractivity contribution in [2.24, 2.45) is 0 Å². The van der Waals surface area contributed by atoms with Crippen molar-refractivity contribution in [3.05, 3.63) is 24.3 Å². The first-order chi connectivity index (χ1) is 13.9. The van der Waals surface area contributed by atoms with Gasteiger partial charge in [-0.1, -0.05) is 25.0 Å². The summed E-state index contributed by atoms with van der Waals surface area (Å²) in [5.41, 5.74) is 0.456. The van der Waals surface area contributed by atoms with Gasteiger partial charge in [-0.15, -0.1) is 5.10 Å². The lowest BCUT2D eigenvalue weighted by atomic mass is 9.97. The lowest BCUT2D eigenvalue weighted by molar-refractivity contribution is -0.136. The molecule has 1 spiro atoms. The normalized spacial score (nSPS) is 18.9. The molecule has 2 fully saturated rings. The lowest BCUT2D eigenvalue weighted by Gasteiger charge is -2.23. The van der Waals surface area contributed by atoms with Crippen molar-refractivity contribution in [2.75, 3.05) is 5.32 Å². The molecule has 0 radical (unpaired) electrons. The monoisotopic (exact) mass is 397 g/mol. The molecule has 1 unspecified atom stereocenters. The van der Waals surface area contributed by atoms with Gasteiger partial charge in [0, 0.05) is 17.8 Å². The molecule has 29 heavy (non-hydrogen) atoms. The maximum absolute atomic E-state index is 12.9. The Balaban J connectivity index is 1.50. The summed E-state index contributed by atoms with van der Waals surface area (Å²) < 4.78 is 1.65. The summed E-state index contributed by atoms with van der Waals surface area (Å²) in [6.07, 6.45) is 3.03. The molecular weight excluding hydrogens is 374 g/mol. The molecule has 0 bridgehead atoms. The van der Waals surface area contributed by atoms with E-state index in [1.165, 1.54) is 0 Å². The van der Waals surface area contributed by atoms with E-state index in [9.17, 15) is 14.4 Å². The molecule has 1 saturated heterocycles. The minimum atomic E-state index is -0.924. The van der Waals surface area contributed by atoms with Crippen LogP contribution in [0, 0.1) is 0 Å². The third-order valence-corrected chi connectivity index (χ3v) is 5.64. The average Bonchev–Trinajstić information content (AvgIpc) is 3.42. The molecule has 4 amide bonds. The first kappa shape index (κ1) is 19.0. The fourth-order valence-electron chi connectivity index (χ4n) is 4.03. The second kappa shape index (κ2) is 7.26. The van der Waals surface area contributed by atoms with Gasteiger partial charge < -0.3 is 10.6 Å². The third kappa shape index (κ3) is 3.24. The van der Waals surface area contributed by atoms with Crippen molar-refractivity contribution in [1.82, 2.24) is 30.4 Å². The van der Waals surface area contributed by atoms with Gasteiger partial charge in [0.15, 0.2) is 5.82 Å². The van der Waals surface area contributed by atoms with Crippen molar-refractivity contribution < 1.29 is 14.4 Å². The number of nitrogens with zero attached hydrogens (tertiary/aromatic N) is 5. The van der Waals surface area contributed by atoms with Gasteiger partial charge in [-0.3, -0.25) is 9.59 Å². The number of aromatic nitrogens is 4. The molecule has 4 rings (SSSR count). The van der Waals surface area contributed by atoms with Gasteiger partial charge in [0.1, 0.15) is 11.6 Å². The van der Waals surface area contributed by atoms with Crippen molar-refractivity contribution in [2.45, 2.75) is 57.7 Å². The van der Waals surface area contributed by atoms with E-state index in [2.05, 4.69) is 26.2 Å². The molecule has 10 nitrogen and oxygen atoms in total. The molecule has 152 valence electrons. The highest BCUT2D eigenvalue weighted by molar-refractivity contribution is 6.11. The van der Waals surface area contributed by atoms with E-state index < -0.39 is 23.5 Å². The Morgan fingerprint density at radius 1 is 1.31 bits per heavy atom. The van der Waals surface area contributed by atoms with Gasteiger partial charge in [0.2, 0.25) is 5.91 Å². The Labute approximate surface area is 167 Å². The maximum atomic E-state index is 12.9. The molecule has 2 aliphatic rings. The molecular formula is C19H23N7O3. The first-order valence-electron chi connectivity index (χ1n) is 9.78. The molecule has 1 aromatic heterocycles. The van der Waals surface area contributed by atoms with Crippen LogP contribution in [0.1, 0.15) is 39.5 Å². The van der Waals surface area contributed by atoms with Crippen LogP contribution in [0.4, 0.5) is 10.5 Å². The number of urea groups is 1. The summed E-state index contributed by atoms with van der Waals surface area (Å²) in [5, 5.41) is 17.2. The number of hydrogen-bond donors (Lipinski definition) is 2. The second-order valence-corrected chi connectivity index (χ2v) is 7.46. The molecule has 10 heteroatoms. The van der Waals surface area contributed by atoms with E-state index in [4.69, 9.17) is 0 Å². The lowest BCUT2D eigenvalue weighted by Crippen LogP contribution is -2.48. The zero-order valence-electron chi connectivity index (χ0n) is 16.4.